The Morgan fingerprint density at radius 2 is 1.48 bits per heavy atom. The lowest BCUT2D eigenvalue weighted by atomic mass is 9.89. The van der Waals surface area contributed by atoms with Crippen molar-refractivity contribution in [2.75, 3.05) is 20.8 Å². The minimum atomic E-state index is -1.51. The molecule has 3 rings (SSSR count). The van der Waals surface area contributed by atoms with Crippen LogP contribution < -0.4 is 0 Å². The van der Waals surface area contributed by atoms with Gasteiger partial charge in [-0.2, -0.15) is 0 Å². The molecule has 1 saturated heterocycles. The monoisotopic (exact) mass is 432 g/mol. The number of methoxy groups -OCH3 is 2. The van der Waals surface area contributed by atoms with Crippen molar-refractivity contribution in [3.8, 4) is 11.1 Å². The number of carbonyl (C=O) groups is 2. The highest BCUT2D eigenvalue weighted by Gasteiger charge is 2.43. The van der Waals surface area contributed by atoms with Crippen molar-refractivity contribution in [1.29, 1.82) is 0 Å². The van der Waals surface area contributed by atoms with Crippen molar-refractivity contribution in [3.63, 3.8) is 0 Å². The zero-order valence-corrected chi connectivity index (χ0v) is 17.0. The van der Waals surface area contributed by atoms with Gasteiger partial charge in [0.15, 0.2) is 0 Å². The fourth-order valence-electron chi connectivity index (χ4n) is 3.54. The summed E-state index contributed by atoms with van der Waals surface area (Å²) in [5, 5.41) is 39.9. The van der Waals surface area contributed by atoms with Crippen LogP contribution in [0.3, 0.4) is 0 Å². The van der Waals surface area contributed by atoms with Crippen LogP contribution in [-0.4, -0.2) is 77.6 Å². The van der Waals surface area contributed by atoms with Crippen LogP contribution in [0, 0.1) is 0 Å². The molecule has 2 aromatic rings. The topological polar surface area (TPSA) is 143 Å². The quantitative estimate of drug-likeness (QED) is 0.495. The van der Waals surface area contributed by atoms with Crippen LogP contribution >= 0.6 is 0 Å². The van der Waals surface area contributed by atoms with Crippen LogP contribution in [0.2, 0.25) is 0 Å². The standard InChI is InChI=1S/C22H24O9/c1-29-21(27)14-7-13(8-15(9-14)22(28)30-2)11-4-3-5-12(6-11)20-19(26)18(25)17(24)16(10-23)31-20/h3-9,16-20,23-26H,10H2,1-2H3. The van der Waals surface area contributed by atoms with E-state index in [1.54, 1.807) is 36.4 Å². The molecule has 0 bridgehead atoms. The minimum absolute atomic E-state index is 0.152. The van der Waals surface area contributed by atoms with Gasteiger partial charge < -0.3 is 34.6 Å². The van der Waals surface area contributed by atoms with Gasteiger partial charge in [0.25, 0.3) is 0 Å². The van der Waals surface area contributed by atoms with Crippen molar-refractivity contribution in [1.82, 2.24) is 0 Å². The van der Waals surface area contributed by atoms with Gasteiger partial charge in [-0.1, -0.05) is 18.2 Å². The summed E-state index contributed by atoms with van der Waals surface area (Å²) in [5.74, 6) is -1.26. The number of carbonyl (C=O) groups excluding carboxylic acids is 2. The number of benzene rings is 2. The minimum Gasteiger partial charge on any atom is -0.465 e. The molecule has 5 atom stereocenters. The first-order valence-corrected chi connectivity index (χ1v) is 9.53. The molecule has 9 nitrogen and oxygen atoms in total. The zero-order valence-electron chi connectivity index (χ0n) is 17.0. The Hall–Kier alpha value is -2.82. The number of aliphatic hydroxyl groups excluding tert-OH is 4. The molecule has 31 heavy (non-hydrogen) atoms. The van der Waals surface area contributed by atoms with Crippen LogP contribution in [0.25, 0.3) is 11.1 Å². The summed E-state index contributed by atoms with van der Waals surface area (Å²) >= 11 is 0. The van der Waals surface area contributed by atoms with Crippen molar-refractivity contribution < 1.29 is 44.2 Å². The molecular weight excluding hydrogens is 408 g/mol. The van der Waals surface area contributed by atoms with E-state index >= 15 is 0 Å². The Bertz CT molecular complexity index is 921. The second-order valence-corrected chi connectivity index (χ2v) is 7.16. The number of rotatable bonds is 5. The molecule has 0 spiro atoms. The fraction of sp³-hybridized carbons (Fsp3) is 0.364. The van der Waals surface area contributed by atoms with Crippen LogP contribution in [0.5, 0.6) is 0 Å². The van der Waals surface area contributed by atoms with E-state index in [0.717, 1.165) is 0 Å². The first-order valence-electron chi connectivity index (χ1n) is 9.53. The third-order valence-electron chi connectivity index (χ3n) is 5.22. The molecule has 2 aromatic carbocycles. The molecule has 1 heterocycles. The maximum atomic E-state index is 12.1. The third-order valence-corrected chi connectivity index (χ3v) is 5.22. The summed E-state index contributed by atoms with van der Waals surface area (Å²) in [6, 6.07) is 11.2. The Morgan fingerprint density at radius 3 is 2.03 bits per heavy atom. The highest BCUT2D eigenvalue weighted by atomic mass is 16.5. The van der Waals surface area contributed by atoms with Gasteiger partial charge in [0.05, 0.1) is 32.0 Å². The van der Waals surface area contributed by atoms with E-state index in [4.69, 9.17) is 14.2 Å². The first-order chi connectivity index (χ1) is 14.8. The Labute approximate surface area is 178 Å². The van der Waals surface area contributed by atoms with Crippen molar-refractivity contribution in [2.24, 2.45) is 0 Å². The summed E-state index contributed by atoms with van der Waals surface area (Å²) in [5.41, 5.74) is 1.87. The Kier molecular flexibility index (Phi) is 7.04. The Balaban J connectivity index is 2.03. The number of hydrogen-bond acceptors (Lipinski definition) is 9. The van der Waals surface area contributed by atoms with Crippen molar-refractivity contribution in [2.45, 2.75) is 30.5 Å². The molecule has 0 amide bonds. The van der Waals surface area contributed by atoms with Crippen LogP contribution in [0.15, 0.2) is 42.5 Å². The van der Waals surface area contributed by atoms with E-state index in [1.807, 2.05) is 0 Å². The zero-order chi connectivity index (χ0) is 22.7. The van der Waals surface area contributed by atoms with E-state index in [1.165, 1.54) is 20.3 Å². The van der Waals surface area contributed by atoms with E-state index in [9.17, 15) is 30.0 Å². The SMILES string of the molecule is COC(=O)c1cc(C(=O)OC)cc(-c2cccc(C3OC(CO)C(O)C(O)C3O)c2)c1. The van der Waals surface area contributed by atoms with Crippen molar-refractivity contribution in [3.05, 3.63) is 59.2 Å². The molecule has 4 N–H and O–H groups in total. The largest absolute Gasteiger partial charge is 0.465 e. The fourth-order valence-corrected chi connectivity index (χ4v) is 3.54. The first kappa shape index (κ1) is 22.9. The maximum Gasteiger partial charge on any atom is 0.337 e. The maximum absolute atomic E-state index is 12.1. The van der Waals surface area contributed by atoms with Crippen LogP contribution in [0.4, 0.5) is 0 Å². The number of hydrogen-bond donors (Lipinski definition) is 4. The smallest absolute Gasteiger partial charge is 0.337 e. The number of esters is 2. The van der Waals surface area contributed by atoms with Gasteiger partial charge in [-0.25, -0.2) is 9.59 Å². The van der Waals surface area contributed by atoms with Gasteiger partial charge in [0.1, 0.15) is 30.5 Å². The van der Waals surface area contributed by atoms with E-state index < -0.39 is 49.1 Å². The molecule has 9 heteroatoms. The Morgan fingerprint density at radius 1 is 0.871 bits per heavy atom. The molecule has 5 unspecified atom stereocenters. The molecule has 0 aliphatic carbocycles. The second-order valence-electron chi connectivity index (χ2n) is 7.16. The van der Waals surface area contributed by atoms with Crippen molar-refractivity contribution >= 4 is 11.9 Å². The van der Waals surface area contributed by atoms with Crippen LogP contribution in [0.1, 0.15) is 32.4 Å². The summed E-state index contributed by atoms with van der Waals surface area (Å²) in [6.07, 6.45) is -6.45. The average Bonchev–Trinajstić information content (AvgIpc) is 2.81. The second kappa shape index (κ2) is 9.54. The number of ether oxygens (including phenoxy) is 3. The molecular formula is C22H24O9. The number of aliphatic hydroxyl groups is 4. The molecule has 0 saturated carbocycles. The average molecular weight is 432 g/mol. The summed E-state index contributed by atoms with van der Waals surface area (Å²) < 4.78 is 15.1. The third kappa shape index (κ3) is 4.60. The summed E-state index contributed by atoms with van der Waals surface area (Å²) in [7, 11) is 2.46. The highest BCUT2D eigenvalue weighted by molar-refractivity contribution is 5.97. The molecule has 1 fully saturated rings. The van der Waals surface area contributed by atoms with Gasteiger partial charge in [0, 0.05) is 0 Å². The summed E-state index contributed by atoms with van der Waals surface area (Å²) in [6.45, 7) is -0.537. The van der Waals surface area contributed by atoms with E-state index in [0.29, 0.717) is 16.7 Å². The van der Waals surface area contributed by atoms with Gasteiger partial charge in [-0.15, -0.1) is 0 Å². The normalized spacial score (nSPS) is 25.7. The molecule has 166 valence electrons. The van der Waals surface area contributed by atoms with Gasteiger partial charge in [0.2, 0.25) is 0 Å². The molecule has 0 radical (unpaired) electrons. The van der Waals surface area contributed by atoms with Gasteiger partial charge in [-0.05, 0) is 41.0 Å². The van der Waals surface area contributed by atoms with Gasteiger partial charge in [-0.3, -0.25) is 0 Å². The van der Waals surface area contributed by atoms with E-state index in [2.05, 4.69) is 0 Å². The lowest BCUT2D eigenvalue weighted by Crippen LogP contribution is -2.55. The summed E-state index contributed by atoms with van der Waals surface area (Å²) in [4.78, 5) is 24.1. The predicted octanol–water partition coefficient (Wildman–Crippen LogP) is 0.442. The highest BCUT2D eigenvalue weighted by Crippen LogP contribution is 2.34. The molecule has 0 aromatic heterocycles. The lowest BCUT2D eigenvalue weighted by Gasteiger charge is -2.40. The predicted molar refractivity (Wildman–Crippen MR) is 107 cm³/mol. The van der Waals surface area contributed by atoms with Crippen LogP contribution in [-0.2, 0) is 14.2 Å². The molecule has 1 aliphatic rings. The van der Waals surface area contributed by atoms with Gasteiger partial charge >= 0.3 is 11.9 Å². The van der Waals surface area contributed by atoms with E-state index in [-0.39, 0.29) is 11.1 Å². The molecule has 1 aliphatic heterocycles. The lowest BCUT2D eigenvalue weighted by molar-refractivity contribution is -0.231.